The molecule has 1 rings (SSSR count). The molecule has 3 N–H and O–H groups in total. The second kappa shape index (κ2) is 4.78. The third-order valence-corrected chi connectivity index (χ3v) is 3.09. The van der Waals surface area contributed by atoms with Crippen molar-refractivity contribution in [2.75, 3.05) is 0 Å². The standard InChI is InChI=1S/C11H22N2O/c1-7-4-8(2)6-10(5-7)13-9(3)11(12)14/h7-10,13H,4-6H2,1-3H3,(H2,12,14)/t7?,8?,9-,10?/m0/s1. The fourth-order valence-corrected chi connectivity index (χ4v) is 2.52. The minimum absolute atomic E-state index is 0.197. The Hall–Kier alpha value is -0.570. The molecule has 0 heterocycles. The van der Waals surface area contributed by atoms with Gasteiger partial charge in [0.2, 0.25) is 5.91 Å². The summed E-state index contributed by atoms with van der Waals surface area (Å²) in [6, 6.07) is 0.272. The van der Waals surface area contributed by atoms with Crippen molar-refractivity contribution in [3.8, 4) is 0 Å². The van der Waals surface area contributed by atoms with Gasteiger partial charge in [0.15, 0.2) is 0 Å². The van der Waals surface area contributed by atoms with E-state index in [2.05, 4.69) is 19.2 Å². The molecule has 0 bridgehead atoms. The number of hydrogen-bond acceptors (Lipinski definition) is 2. The molecule has 3 nitrogen and oxygen atoms in total. The van der Waals surface area contributed by atoms with E-state index in [0.29, 0.717) is 6.04 Å². The molecule has 82 valence electrons. The van der Waals surface area contributed by atoms with E-state index in [0.717, 1.165) is 11.8 Å². The summed E-state index contributed by atoms with van der Waals surface area (Å²) in [7, 11) is 0. The largest absolute Gasteiger partial charge is 0.368 e. The van der Waals surface area contributed by atoms with Crippen molar-refractivity contribution >= 4 is 5.91 Å². The second-order valence-electron chi connectivity index (χ2n) is 4.91. The molecule has 0 aromatic rings. The second-order valence-corrected chi connectivity index (χ2v) is 4.91. The fourth-order valence-electron chi connectivity index (χ4n) is 2.52. The normalized spacial score (nSPS) is 35.2. The Balaban J connectivity index is 2.40. The van der Waals surface area contributed by atoms with E-state index < -0.39 is 0 Å². The molecule has 0 saturated heterocycles. The number of nitrogens with two attached hydrogens (primary N) is 1. The first-order chi connectivity index (χ1) is 6.49. The Morgan fingerprint density at radius 2 is 1.79 bits per heavy atom. The molecule has 3 heteroatoms. The van der Waals surface area contributed by atoms with Crippen LogP contribution in [-0.4, -0.2) is 18.0 Å². The molecule has 1 amide bonds. The number of nitrogens with one attached hydrogen (secondary N) is 1. The van der Waals surface area contributed by atoms with Crippen molar-refractivity contribution in [3.05, 3.63) is 0 Å². The molecule has 1 aliphatic carbocycles. The number of carbonyl (C=O) groups excluding carboxylic acids is 1. The molecule has 14 heavy (non-hydrogen) atoms. The van der Waals surface area contributed by atoms with Crippen molar-refractivity contribution in [1.29, 1.82) is 0 Å². The van der Waals surface area contributed by atoms with Gasteiger partial charge in [0.05, 0.1) is 6.04 Å². The first-order valence-electron chi connectivity index (χ1n) is 5.54. The van der Waals surface area contributed by atoms with Gasteiger partial charge in [-0.25, -0.2) is 0 Å². The first kappa shape index (κ1) is 11.5. The quantitative estimate of drug-likeness (QED) is 0.717. The highest BCUT2D eigenvalue weighted by molar-refractivity contribution is 5.79. The Bertz CT molecular complexity index is 195. The lowest BCUT2D eigenvalue weighted by Gasteiger charge is -2.33. The summed E-state index contributed by atoms with van der Waals surface area (Å²) in [6.07, 6.45) is 3.65. The van der Waals surface area contributed by atoms with Crippen molar-refractivity contribution in [3.63, 3.8) is 0 Å². The van der Waals surface area contributed by atoms with Gasteiger partial charge in [-0.15, -0.1) is 0 Å². The molecular weight excluding hydrogens is 176 g/mol. The Labute approximate surface area is 86.4 Å². The van der Waals surface area contributed by atoms with Gasteiger partial charge in [-0.3, -0.25) is 4.79 Å². The van der Waals surface area contributed by atoms with Gasteiger partial charge in [-0.2, -0.15) is 0 Å². The summed E-state index contributed by atoms with van der Waals surface area (Å²) in [4.78, 5) is 10.9. The zero-order chi connectivity index (χ0) is 10.7. The minimum Gasteiger partial charge on any atom is -0.368 e. The third kappa shape index (κ3) is 3.29. The van der Waals surface area contributed by atoms with E-state index in [4.69, 9.17) is 5.73 Å². The predicted molar refractivity (Wildman–Crippen MR) is 57.8 cm³/mol. The SMILES string of the molecule is CC1CC(C)CC(N[C@@H](C)C(N)=O)C1. The predicted octanol–water partition coefficient (Wildman–Crippen LogP) is 1.27. The zero-order valence-corrected chi connectivity index (χ0v) is 9.42. The lowest BCUT2D eigenvalue weighted by molar-refractivity contribution is -0.119. The molecule has 0 aromatic carbocycles. The minimum atomic E-state index is -0.254. The summed E-state index contributed by atoms with van der Waals surface area (Å²) in [5.41, 5.74) is 5.22. The maximum absolute atomic E-state index is 10.9. The highest BCUT2D eigenvalue weighted by Crippen LogP contribution is 2.28. The van der Waals surface area contributed by atoms with Gasteiger partial charge in [0.1, 0.15) is 0 Å². The van der Waals surface area contributed by atoms with Crippen molar-refractivity contribution in [1.82, 2.24) is 5.32 Å². The van der Waals surface area contributed by atoms with Crippen LogP contribution in [0.2, 0.25) is 0 Å². The Kier molecular flexibility index (Phi) is 3.93. The lowest BCUT2D eigenvalue weighted by Crippen LogP contribution is -2.47. The maximum Gasteiger partial charge on any atom is 0.234 e. The van der Waals surface area contributed by atoms with Crippen LogP contribution in [0.1, 0.15) is 40.0 Å². The van der Waals surface area contributed by atoms with Crippen LogP contribution in [0.25, 0.3) is 0 Å². The highest BCUT2D eigenvalue weighted by Gasteiger charge is 2.25. The Morgan fingerprint density at radius 1 is 1.29 bits per heavy atom. The molecular formula is C11H22N2O. The average Bonchev–Trinajstić information content (AvgIpc) is 2.01. The van der Waals surface area contributed by atoms with E-state index in [1.165, 1.54) is 19.3 Å². The van der Waals surface area contributed by atoms with E-state index in [-0.39, 0.29) is 11.9 Å². The monoisotopic (exact) mass is 198 g/mol. The van der Waals surface area contributed by atoms with Crippen LogP contribution >= 0.6 is 0 Å². The van der Waals surface area contributed by atoms with Crippen LogP contribution in [-0.2, 0) is 4.79 Å². The molecule has 2 unspecified atom stereocenters. The molecule has 1 fully saturated rings. The molecule has 0 aromatic heterocycles. The molecule has 1 aliphatic rings. The number of rotatable bonds is 3. The summed E-state index contributed by atoms with van der Waals surface area (Å²) in [5.74, 6) is 1.27. The van der Waals surface area contributed by atoms with Gasteiger partial charge < -0.3 is 11.1 Å². The van der Waals surface area contributed by atoms with Crippen molar-refractivity contribution in [2.24, 2.45) is 17.6 Å². The van der Waals surface area contributed by atoms with Gasteiger partial charge in [0.25, 0.3) is 0 Å². The van der Waals surface area contributed by atoms with Crippen LogP contribution in [0.4, 0.5) is 0 Å². The number of amides is 1. The van der Waals surface area contributed by atoms with E-state index in [1.54, 1.807) is 0 Å². The van der Waals surface area contributed by atoms with Gasteiger partial charge in [-0.1, -0.05) is 13.8 Å². The molecule has 1 saturated carbocycles. The van der Waals surface area contributed by atoms with Crippen LogP contribution in [0.15, 0.2) is 0 Å². The smallest absolute Gasteiger partial charge is 0.234 e. The average molecular weight is 198 g/mol. The molecule has 3 atom stereocenters. The van der Waals surface area contributed by atoms with Crippen molar-refractivity contribution in [2.45, 2.75) is 52.1 Å². The fraction of sp³-hybridized carbons (Fsp3) is 0.909. The third-order valence-electron chi connectivity index (χ3n) is 3.09. The summed E-state index contributed by atoms with van der Waals surface area (Å²) < 4.78 is 0. The van der Waals surface area contributed by atoms with Crippen molar-refractivity contribution < 1.29 is 4.79 Å². The van der Waals surface area contributed by atoms with Crippen LogP contribution < -0.4 is 11.1 Å². The maximum atomic E-state index is 10.9. The first-order valence-corrected chi connectivity index (χ1v) is 5.54. The van der Waals surface area contributed by atoms with Gasteiger partial charge in [0, 0.05) is 6.04 Å². The molecule has 0 aliphatic heterocycles. The van der Waals surface area contributed by atoms with E-state index >= 15 is 0 Å². The van der Waals surface area contributed by atoms with Crippen LogP contribution in [0.3, 0.4) is 0 Å². The van der Waals surface area contributed by atoms with Crippen LogP contribution in [0.5, 0.6) is 0 Å². The van der Waals surface area contributed by atoms with Gasteiger partial charge in [-0.05, 0) is 38.0 Å². The summed E-state index contributed by atoms with van der Waals surface area (Å²) in [6.45, 7) is 6.39. The summed E-state index contributed by atoms with van der Waals surface area (Å²) >= 11 is 0. The number of primary amides is 1. The highest BCUT2D eigenvalue weighted by atomic mass is 16.1. The zero-order valence-electron chi connectivity index (χ0n) is 9.42. The van der Waals surface area contributed by atoms with Crippen LogP contribution in [0, 0.1) is 11.8 Å². The lowest BCUT2D eigenvalue weighted by atomic mass is 9.80. The number of carbonyl (C=O) groups is 1. The number of hydrogen-bond donors (Lipinski definition) is 2. The molecule has 0 spiro atoms. The van der Waals surface area contributed by atoms with E-state index in [1.807, 2.05) is 6.92 Å². The summed E-state index contributed by atoms with van der Waals surface area (Å²) in [5, 5.41) is 3.30. The molecule has 0 radical (unpaired) electrons. The van der Waals surface area contributed by atoms with Gasteiger partial charge >= 0.3 is 0 Å². The van der Waals surface area contributed by atoms with E-state index in [9.17, 15) is 4.79 Å². The topological polar surface area (TPSA) is 55.1 Å². The Morgan fingerprint density at radius 3 is 2.21 bits per heavy atom.